The van der Waals surface area contributed by atoms with E-state index in [-0.39, 0.29) is 0 Å². The molecule has 0 aliphatic heterocycles. The van der Waals surface area contributed by atoms with E-state index in [4.69, 9.17) is 0 Å². The van der Waals surface area contributed by atoms with E-state index in [0.717, 1.165) is 0 Å². The number of hydrogen-bond donors (Lipinski definition) is 0. The van der Waals surface area contributed by atoms with E-state index in [1.165, 1.54) is 89.9 Å². The number of rotatable bonds is 21. The number of hydrogen-bond acceptors (Lipinski definition) is 0. The first-order valence-electron chi connectivity index (χ1n) is 12.7. The van der Waals surface area contributed by atoms with E-state index in [1.54, 1.807) is 43.9 Å². The van der Waals surface area contributed by atoms with Crippen LogP contribution in [-0.4, -0.2) is 24.6 Å². The zero-order chi connectivity index (χ0) is 19.3. The molecule has 0 aromatic heterocycles. The molecule has 0 spiro atoms. The Hall–Kier alpha value is 0.430. The molecular weight excluding hydrogens is 331 g/mol. The van der Waals surface area contributed by atoms with Crippen molar-refractivity contribution in [3.63, 3.8) is 0 Å². The maximum atomic E-state index is 2.41. The van der Waals surface area contributed by atoms with Crippen LogP contribution in [0.4, 0.5) is 0 Å². The zero-order valence-corrected chi connectivity index (χ0v) is 20.3. The minimum absolute atomic E-state index is 0.997. The molecule has 0 N–H and O–H groups in total. The van der Waals surface area contributed by atoms with Gasteiger partial charge in [0.05, 0.1) is 0 Å². The molecule has 0 aromatic carbocycles. The first-order valence-corrected chi connectivity index (χ1v) is 15.6. The molecule has 0 rings (SSSR count). The molecule has 0 aliphatic carbocycles. The fourth-order valence-corrected chi connectivity index (χ4v) is 10.2. The van der Waals surface area contributed by atoms with Gasteiger partial charge in [-0.2, -0.15) is 0 Å². The Labute approximate surface area is 169 Å². The summed E-state index contributed by atoms with van der Waals surface area (Å²) in [5.74, 6) is 0. The van der Waals surface area contributed by atoms with Crippen LogP contribution in [0.25, 0.3) is 0 Å². The molecule has 26 heavy (non-hydrogen) atoms. The van der Waals surface area contributed by atoms with Crippen LogP contribution in [0.15, 0.2) is 0 Å². The Bertz CT molecular complexity index is 225. The fraction of sp³-hybridized carbons (Fsp3) is 1.00. The van der Waals surface area contributed by atoms with Gasteiger partial charge in [0.15, 0.2) is 0 Å². The summed E-state index contributed by atoms with van der Waals surface area (Å²) in [6, 6.07) is 0. The van der Waals surface area contributed by atoms with Crippen molar-refractivity contribution in [2.24, 2.45) is 0 Å². The van der Waals surface area contributed by atoms with E-state index in [2.05, 4.69) is 27.7 Å². The molecule has 0 fully saturated rings. The average molecular weight is 387 g/mol. The van der Waals surface area contributed by atoms with Gasteiger partial charge in [-0.1, -0.05) is 0 Å². The number of unbranched alkanes of at least 4 members (excludes halogenated alkanes) is 13. The second kappa shape index (κ2) is 20.2. The zero-order valence-electron chi connectivity index (χ0n) is 19.3. The summed E-state index contributed by atoms with van der Waals surface area (Å²) >= 11 is 0. The predicted molar refractivity (Wildman–Crippen MR) is 129 cm³/mol. The van der Waals surface area contributed by atoms with Crippen molar-refractivity contribution in [3.8, 4) is 0 Å². The predicted octanol–water partition coefficient (Wildman–Crippen LogP) is 9.45. The Morgan fingerprint density at radius 1 is 0.308 bits per heavy atom. The molecule has 0 radical (unpaired) electrons. The van der Waals surface area contributed by atoms with Crippen LogP contribution in [0, 0.1) is 0 Å². The third kappa shape index (κ3) is 15.5. The van der Waals surface area contributed by atoms with Gasteiger partial charge in [-0.05, 0) is 0 Å². The van der Waals surface area contributed by atoms with E-state index < -0.39 is 7.26 Å². The van der Waals surface area contributed by atoms with Crippen molar-refractivity contribution >= 4 is 7.26 Å². The molecule has 0 saturated carbocycles. The fourth-order valence-electron chi connectivity index (χ4n) is 4.61. The second-order valence-corrected chi connectivity index (χ2v) is 14.1. The van der Waals surface area contributed by atoms with Crippen molar-refractivity contribution in [3.05, 3.63) is 0 Å². The van der Waals surface area contributed by atoms with E-state index >= 15 is 0 Å². The van der Waals surface area contributed by atoms with Crippen molar-refractivity contribution in [2.75, 3.05) is 24.6 Å². The van der Waals surface area contributed by atoms with E-state index in [0.29, 0.717) is 0 Å². The van der Waals surface area contributed by atoms with Gasteiger partial charge in [0.2, 0.25) is 0 Å². The molecule has 0 saturated heterocycles. The van der Waals surface area contributed by atoms with Gasteiger partial charge < -0.3 is 0 Å². The Morgan fingerprint density at radius 2 is 0.577 bits per heavy atom. The summed E-state index contributed by atoms with van der Waals surface area (Å²) in [5, 5.41) is 0. The maximum absolute atomic E-state index is 2.41. The van der Waals surface area contributed by atoms with Gasteiger partial charge in [0.1, 0.15) is 0 Å². The van der Waals surface area contributed by atoms with Gasteiger partial charge >= 0.3 is 169 Å². The van der Waals surface area contributed by atoms with Crippen LogP contribution >= 0.6 is 7.26 Å². The molecule has 0 unspecified atom stereocenters. The van der Waals surface area contributed by atoms with Crippen LogP contribution in [0.5, 0.6) is 0 Å². The molecule has 1 heteroatoms. The second-order valence-electron chi connectivity index (χ2n) is 9.10. The molecule has 0 atom stereocenters. The summed E-state index contributed by atoms with van der Waals surface area (Å²) in [4.78, 5) is 0. The van der Waals surface area contributed by atoms with Crippen molar-refractivity contribution in [1.82, 2.24) is 0 Å². The van der Waals surface area contributed by atoms with E-state index in [1.807, 2.05) is 0 Å². The molecule has 0 aromatic rings. The molecule has 0 bridgehead atoms. The van der Waals surface area contributed by atoms with Gasteiger partial charge in [0, 0.05) is 0 Å². The van der Waals surface area contributed by atoms with Crippen molar-refractivity contribution in [2.45, 2.75) is 137 Å². The monoisotopic (exact) mass is 386 g/mol. The Balaban J connectivity index is 4.52. The van der Waals surface area contributed by atoms with Crippen LogP contribution < -0.4 is 0 Å². The normalized spacial score (nSPS) is 12.6. The first kappa shape index (κ1) is 26.4. The molecule has 0 nitrogen and oxygen atoms in total. The van der Waals surface area contributed by atoms with E-state index in [9.17, 15) is 0 Å². The SMILES string of the molecule is CCCCCCC[PH](CCCC)(CCCCCCC)CCCCCCC. The van der Waals surface area contributed by atoms with Crippen LogP contribution in [-0.2, 0) is 0 Å². The summed E-state index contributed by atoms with van der Waals surface area (Å²) in [7, 11) is -0.997. The van der Waals surface area contributed by atoms with Crippen molar-refractivity contribution in [1.29, 1.82) is 0 Å². The third-order valence-electron chi connectivity index (χ3n) is 6.49. The molecule has 160 valence electrons. The Kier molecular flexibility index (Phi) is 20.5. The standard InChI is InChI=1S/C25H55P/c1-5-9-13-16-19-23-26(22-12-8-4,24-20-17-14-10-6-2)25-21-18-15-11-7-3/h26H,5-25H2,1-4H3. The summed E-state index contributed by atoms with van der Waals surface area (Å²) < 4.78 is 0. The molecule has 0 amide bonds. The topological polar surface area (TPSA) is 0 Å². The summed E-state index contributed by atoms with van der Waals surface area (Å²) in [6.07, 6.45) is 31.8. The third-order valence-corrected chi connectivity index (χ3v) is 12.1. The Morgan fingerprint density at radius 3 is 0.885 bits per heavy atom. The minimum atomic E-state index is -0.997. The molecule has 0 heterocycles. The van der Waals surface area contributed by atoms with Crippen LogP contribution in [0.2, 0.25) is 0 Å². The van der Waals surface area contributed by atoms with Gasteiger partial charge in [-0.3, -0.25) is 0 Å². The summed E-state index contributed by atoms with van der Waals surface area (Å²) in [5.41, 5.74) is 0. The molecule has 0 aliphatic rings. The van der Waals surface area contributed by atoms with Crippen LogP contribution in [0.1, 0.15) is 137 Å². The van der Waals surface area contributed by atoms with Gasteiger partial charge in [-0.15, -0.1) is 0 Å². The quantitative estimate of drug-likeness (QED) is 0.136. The van der Waals surface area contributed by atoms with Crippen molar-refractivity contribution < 1.29 is 0 Å². The van der Waals surface area contributed by atoms with Crippen LogP contribution in [0.3, 0.4) is 0 Å². The molecular formula is C25H55P. The average Bonchev–Trinajstić information content (AvgIpc) is 2.65. The van der Waals surface area contributed by atoms with Gasteiger partial charge in [0.25, 0.3) is 0 Å². The van der Waals surface area contributed by atoms with Gasteiger partial charge in [-0.25, -0.2) is 0 Å². The summed E-state index contributed by atoms with van der Waals surface area (Å²) in [6.45, 7) is 9.43. The first-order chi connectivity index (χ1) is 12.7.